The first kappa shape index (κ1) is 13.0. The molecule has 0 unspecified atom stereocenters. The van der Waals surface area contributed by atoms with E-state index in [-0.39, 0.29) is 11.3 Å². The summed E-state index contributed by atoms with van der Waals surface area (Å²) < 4.78 is 1.76. The van der Waals surface area contributed by atoms with Gasteiger partial charge in [-0.25, -0.2) is 0 Å². The molecule has 0 aromatic carbocycles. The first-order chi connectivity index (χ1) is 8.74. The lowest BCUT2D eigenvalue weighted by atomic mass is 9.94. The fraction of sp³-hybridized carbons (Fsp3) is 0.571. The van der Waals surface area contributed by atoms with Gasteiger partial charge in [-0.05, 0) is 31.9 Å². The van der Waals surface area contributed by atoms with Crippen molar-refractivity contribution >= 4 is 5.78 Å². The molecule has 4 nitrogen and oxygen atoms in total. The molecule has 1 aromatic rings. The highest BCUT2D eigenvalue weighted by atomic mass is 16.1. The summed E-state index contributed by atoms with van der Waals surface area (Å²) in [4.78, 5) is 23.7. The number of carbonyl (C=O) groups is 1. The molecule has 18 heavy (non-hydrogen) atoms. The molecule has 4 heteroatoms. The van der Waals surface area contributed by atoms with Crippen molar-refractivity contribution in [2.75, 3.05) is 13.1 Å². The van der Waals surface area contributed by atoms with Crippen molar-refractivity contribution in [1.82, 2.24) is 9.88 Å². The second-order valence-electron chi connectivity index (χ2n) is 4.71. The third-order valence-electron chi connectivity index (χ3n) is 3.35. The van der Waals surface area contributed by atoms with Crippen molar-refractivity contribution in [2.45, 2.75) is 39.2 Å². The summed E-state index contributed by atoms with van der Waals surface area (Å²) in [6, 6.07) is 3.21. The Bertz CT molecular complexity index is 491. The zero-order valence-corrected chi connectivity index (χ0v) is 10.9. The van der Waals surface area contributed by atoms with Gasteiger partial charge >= 0.3 is 0 Å². The standard InChI is InChI=1S/C14H20N2O2/c1-2-8-15-9-10-16-12-4-3-5-13(17)11(12)6-7-14(16)18/h6-7,15H,2-5,8-10H2,1H3. The van der Waals surface area contributed by atoms with Crippen molar-refractivity contribution in [2.24, 2.45) is 0 Å². The van der Waals surface area contributed by atoms with Crippen LogP contribution in [0.4, 0.5) is 0 Å². The number of Topliss-reactive ketones (excluding diaryl/α,β-unsaturated/α-hetero) is 1. The van der Waals surface area contributed by atoms with E-state index in [2.05, 4.69) is 12.2 Å². The monoisotopic (exact) mass is 248 g/mol. The molecule has 1 aliphatic rings. The summed E-state index contributed by atoms with van der Waals surface area (Å²) in [6.07, 6.45) is 3.39. The zero-order chi connectivity index (χ0) is 13.0. The molecular formula is C14H20N2O2. The van der Waals surface area contributed by atoms with E-state index < -0.39 is 0 Å². The Hall–Kier alpha value is -1.42. The average Bonchev–Trinajstić information content (AvgIpc) is 2.37. The minimum absolute atomic E-state index is 0.00162. The summed E-state index contributed by atoms with van der Waals surface area (Å²) in [6.45, 7) is 4.50. The van der Waals surface area contributed by atoms with Crippen molar-refractivity contribution in [3.8, 4) is 0 Å². The van der Waals surface area contributed by atoms with Crippen LogP contribution in [0.15, 0.2) is 16.9 Å². The van der Waals surface area contributed by atoms with Gasteiger partial charge in [0, 0.05) is 36.8 Å². The van der Waals surface area contributed by atoms with Crippen LogP contribution < -0.4 is 10.9 Å². The third-order valence-corrected chi connectivity index (χ3v) is 3.35. The maximum atomic E-state index is 11.9. The molecule has 0 saturated carbocycles. The van der Waals surface area contributed by atoms with Gasteiger partial charge in [-0.3, -0.25) is 9.59 Å². The smallest absolute Gasteiger partial charge is 0.250 e. The number of nitrogens with one attached hydrogen (secondary N) is 1. The number of carbonyl (C=O) groups excluding carboxylic acids is 1. The highest BCUT2D eigenvalue weighted by Gasteiger charge is 2.20. The van der Waals surface area contributed by atoms with Gasteiger partial charge in [-0.2, -0.15) is 0 Å². The fourth-order valence-electron chi connectivity index (χ4n) is 2.43. The average molecular weight is 248 g/mol. The van der Waals surface area contributed by atoms with Gasteiger partial charge < -0.3 is 9.88 Å². The maximum absolute atomic E-state index is 11.9. The largest absolute Gasteiger partial charge is 0.315 e. The summed E-state index contributed by atoms with van der Waals surface area (Å²) in [7, 11) is 0. The van der Waals surface area contributed by atoms with Crippen molar-refractivity contribution < 1.29 is 4.79 Å². The number of ketones is 1. The highest BCUT2D eigenvalue weighted by Crippen LogP contribution is 2.19. The van der Waals surface area contributed by atoms with Crippen LogP contribution in [0.2, 0.25) is 0 Å². The molecule has 2 rings (SSSR count). The van der Waals surface area contributed by atoms with Gasteiger partial charge in [0.05, 0.1) is 0 Å². The quantitative estimate of drug-likeness (QED) is 0.801. The molecule has 98 valence electrons. The number of hydrogen-bond acceptors (Lipinski definition) is 3. The second-order valence-corrected chi connectivity index (χ2v) is 4.71. The van der Waals surface area contributed by atoms with E-state index >= 15 is 0 Å². The van der Waals surface area contributed by atoms with Crippen molar-refractivity contribution in [1.29, 1.82) is 0 Å². The highest BCUT2D eigenvalue weighted by molar-refractivity contribution is 5.97. The van der Waals surface area contributed by atoms with Gasteiger partial charge in [-0.15, -0.1) is 0 Å². The van der Waals surface area contributed by atoms with E-state index in [1.54, 1.807) is 10.6 Å². The van der Waals surface area contributed by atoms with E-state index in [0.29, 0.717) is 13.0 Å². The molecule has 0 amide bonds. The number of aromatic nitrogens is 1. The molecular weight excluding hydrogens is 228 g/mol. The summed E-state index contributed by atoms with van der Waals surface area (Å²) >= 11 is 0. The number of fused-ring (bicyclic) bond motifs is 1. The molecule has 1 N–H and O–H groups in total. The van der Waals surface area contributed by atoms with Crippen molar-refractivity contribution in [3.63, 3.8) is 0 Å². The normalized spacial score (nSPS) is 14.6. The Balaban J connectivity index is 2.20. The topological polar surface area (TPSA) is 51.1 Å². The fourth-order valence-corrected chi connectivity index (χ4v) is 2.43. The second kappa shape index (κ2) is 5.96. The lowest BCUT2D eigenvalue weighted by Gasteiger charge is -2.20. The van der Waals surface area contributed by atoms with Gasteiger partial charge in [0.15, 0.2) is 5.78 Å². The number of pyridine rings is 1. The van der Waals surface area contributed by atoms with E-state index in [4.69, 9.17) is 0 Å². The van der Waals surface area contributed by atoms with Crippen LogP contribution in [-0.4, -0.2) is 23.4 Å². The first-order valence-electron chi connectivity index (χ1n) is 6.70. The van der Waals surface area contributed by atoms with Crippen LogP contribution in [0.25, 0.3) is 0 Å². The minimum Gasteiger partial charge on any atom is -0.315 e. The molecule has 0 bridgehead atoms. The van der Waals surface area contributed by atoms with E-state index in [0.717, 1.165) is 43.6 Å². The van der Waals surface area contributed by atoms with Gasteiger partial charge in [-0.1, -0.05) is 6.92 Å². The number of rotatable bonds is 5. The molecule has 0 fully saturated rings. The molecule has 0 radical (unpaired) electrons. The SMILES string of the molecule is CCCNCCn1c2c(ccc1=O)C(=O)CCC2. The third kappa shape index (κ3) is 2.70. The number of hydrogen-bond donors (Lipinski definition) is 1. The maximum Gasteiger partial charge on any atom is 0.250 e. The van der Waals surface area contributed by atoms with E-state index in [1.807, 2.05) is 0 Å². The van der Waals surface area contributed by atoms with Gasteiger partial charge in [0.25, 0.3) is 5.56 Å². The van der Waals surface area contributed by atoms with Crippen LogP contribution in [-0.2, 0) is 13.0 Å². The molecule has 0 saturated heterocycles. The Morgan fingerprint density at radius 2 is 2.06 bits per heavy atom. The Kier molecular flexibility index (Phi) is 4.31. The van der Waals surface area contributed by atoms with E-state index in [1.165, 1.54) is 6.07 Å². The predicted molar refractivity (Wildman–Crippen MR) is 71.1 cm³/mol. The number of nitrogens with zero attached hydrogens (tertiary/aromatic N) is 1. The molecule has 1 heterocycles. The van der Waals surface area contributed by atoms with Crippen LogP contribution in [0.5, 0.6) is 0 Å². The lowest BCUT2D eigenvalue weighted by molar-refractivity contribution is 0.0970. The molecule has 0 spiro atoms. The van der Waals surface area contributed by atoms with E-state index in [9.17, 15) is 9.59 Å². The van der Waals surface area contributed by atoms with Crippen LogP contribution >= 0.6 is 0 Å². The summed E-state index contributed by atoms with van der Waals surface area (Å²) in [5.74, 6) is 0.173. The van der Waals surface area contributed by atoms with Crippen LogP contribution in [0.1, 0.15) is 42.2 Å². The molecule has 1 aromatic heterocycles. The lowest BCUT2D eigenvalue weighted by Crippen LogP contribution is -2.32. The first-order valence-corrected chi connectivity index (χ1v) is 6.70. The zero-order valence-electron chi connectivity index (χ0n) is 10.9. The summed E-state index contributed by atoms with van der Waals surface area (Å²) in [5.41, 5.74) is 1.68. The predicted octanol–water partition coefficient (Wildman–Crippen LogP) is 1.37. The minimum atomic E-state index is 0.00162. The van der Waals surface area contributed by atoms with Gasteiger partial charge in [0.1, 0.15) is 0 Å². The van der Waals surface area contributed by atoms with Crippen LogP contribution in [0.3, 0.4) is 0 Å². The molecule has 1 aliphatic carbocycles. The summed E-state index contributed by atoms with van der Waals surface area (Å²) in [5, 5.41) is 3.28. The van der Waals surface area contributed by atoms with Gasteiger partial charge in [0.2, 0.25) is 0 Å². The van der Waals surface area contributed by atoms with Crippen molar-refractivity contribution in [3.05, 3.63) is 33.7 Å². The van der Waals surface area contributed by atoms with Crippen LogP contribution in [0, 0.1) is 0 Å². The Labute approximate surface area is 107 Å². The molecule has 0 atom stereocenters. The molecule has 0 aliphatic heterocycles. The Morgan fingerprint density at radius 3 is 2.83 bits per heavy atom. The Morgan fingerprint density at radius 1 is 1.22 bits per heavy atom.